The molecule has 0 aliphatic rings. The van der Waals surface area contributed by atoms with Crippen molar-refractivity contribution in [2.45, 2.75) is 303 Å². The Balaban J connectivity index is 5.18. The second-order valence-corrected chi connectivity index (χ2v) is 25.0. The van der Waals surface area contributed by atoms with Crippen LogP contribution in [0.4, 0.5) is 0 Å². The fourth-order valence-electron chi connectivity index (χ4n) is 9.34. The molecule has 10 heteroatoms. The average molecular weight is 1150 g/mol. The van der Waals surface area contributed by atoms with Crippen molar-refractivity contribution in [2.75, 3.05) is 40.9 Å². The van der Waals surface area contributed by atoms with Gasteiger partial charge in [-0.2, -0.15) is 0 Å². The molecule has 0 rings (SSSR count). The van der Waals surface area contributed by atoms with Gasteiger partial charge in [-0.05, 0) is 109 Å². The van der Waals surface area contributed by atoms with Crippen LogP contribution in [0.2, 0.25) is 0 Å². The summed E-state index contributed by atoms with van der Waals surface area (Å²) < 4.78 is 30.3. The highest BCUT2D eigenvalue weighted by Gasteiger charge is 2.27. The number of carbonyl (C=O) groups is 2. The molecule has 81 heavy (non-hydrogen) atoms. The number of quaternary nitrogens is 1. The summed E-state index contributed by atoms with van der Waals surface area (Å²) in [6.07, 6.45) is 81.0. The van der Waals surface area contributed by atoms with Crippen LogP contribution >= 0.6 is 7.82 Å². The summed E-state index contributed by atoms with van der Waals surface area (Å²) in [5.41, 5.74) is 0. The van der Waals surface area contributed by atoms with E-state index >= 15 is 0 Å². The van der Waals surface area contributed by atoms with Crippen LogP contribution in [0.3, 0.4) is 0 Å². The predicted molar refractivity (Wildman–Crippen MR) is 348 cm³/mol. The van der Waals surface area contributed by atoms with Crippen molar-refractivity contribution in [3.8, 4) is 0 Å². The molecule has 0 radical (unpaired) electrons. The molecular weight excluding hydrogens is 1020 g/mol. The Hall–Kier alpha value is -3.07. The summed E-state index contributed by atoms with van der Waals surface area (Å²) in [7, 11) is 1.15. The van der Waals surface area contributed by atoms with Crippen molar-refractivity contribution in [2.24, 2.45) is 0 Å². The standard InChI is InChI=1S/C71H127N2O7P/c1-7-10-13-16-19-22-25-27-29-31-33-35-36-38-39-41-43-45-48-51-54-57-60-63-70(74)72-68(67-79-81(76,77)78-66-65-73(4,5)6)69(62-59-56-53-50-47-24-21-18-15-12-9-3)80-71(75)64-61-58-55-52-49-46-44-42-40-37-34-32-30-28-26-23-20-17-14-11-8-2/h11,14,20,23,27-30,34,37,42,44,49,52,59,62,68-69H,7-10,12-13,15-19,21-22,24-26,31-33,35-36,38-41,43,45-48,50-51,53-58,60-61,63-67H2,1-6H3,(H-,72,74,76,77)/b14-11-,23-20-,29-27+,30-28-,37-34-,44-42-,52-49-,62-59+. The fraction of sp³-hybridized carbons (Fsp3) is 0.746. The quantitative estimate of drug-likeness (QED) is 0.0212. The van der Waals surface area contributed by atoms with Gasteiger partial charge >= 0.3 is 5.97 Å². The highest BCUT2D eigenvalue weighted by atomic mass is 31.2. The Bertz CT molecular complexity index is 1710. The zero-order chi connectivity index (χ0) is 59.3. The highest BCUT2D eigenvalue weighted by Crippen LogP contribution is 2.38. The molecule has 0 heterocycles. The first kappa shape index (κ1) is 77.9. The third-order valence-corrected chi connectivity index (χ3v) is 15.5. The average Bonchev–Trinajstić information content (AvgIpc) is 3.43. The number of hydrogen-bond donors (Lipinski definition) is 1. The lowest BCUT2D eigenvalue weighted by atomic mass is 10.0. The summed E-state index contributed by atoms with van der Waals surface area (Å²) in [6.45, 7) is 6.70. The summed E-state index contributed by atoms with van der Waals surface area (Å²) >= 11 is 0. The molecule has 468 valence electrons. The first-order chi connectivity index (χ1) is 39.4. The van der Waals surface area contributed by atoms with Gasteiger partial charge in [0.2, 0.25) is 5.91 Å². The lowest BCUT2D eigenvalue weighted by Crippen LogP contribution is -2.47. The van der Waals surface area contributed by atoms with Gasteiger partial charge in [0.1, 0.15) is 19.3 Å². The van der Waals surface area contributed by atoms with E-state index in [-0.39, 0.29) is 24.9 Å². The topological polar surface area (TPSA) is 114 Å². The van der Waals surface area contributed by atoms with Gasteiger partial charge in [0.25, 0.3) is 7.82 Å². The van der Waals surface area contributed by atoms with Gasteiger partial charge in [-0.15, -0.1) is 0 Å². The SMILES string of the molecule is CC/C=C\C/C=C\C/C=C\C/C=C\C/C=C\C/C=C\CCCCC(=O)OC(/C=C/CCCCCCCCCCC)C(COP(=O)([O-])OCC[N+](C)(C)C)NC(=O)CCCCCCCCCCCCCCC/C=C/CCCCCCCC. The molecular formula is C71H127N2O7P. The maximum atomic E-state index is 13.6. The van der Waals surface area contributed by atoms with E-state index in [1.165, 1.54) is 161 Å². The zero-order valence-electron chi connectivity index (χ0n) is 53.5. The van der Waals surface area contributed by atoms with Gasteiger partial charge in [-0.3, -0.25) is 14.2 Å². The number of hydrogen-bond acceptors (Lipinski definition) is 7. The number of phosphoric acid groups is 1. The van der Waals surface area contributed by atoms with Gasteiger partial charge < -0.3 is 28.5 Å². The molecule has 0 bridgehead atoms. The summed E-state index contributed by atoms with van der Waals surface area (Å²) in [5, 5.41) is 3.02. The van der Waals surface area contributed by atoms with Crippen LogP contribution in [0, 0.1) is 0 Å². The molecule has 3 atom stereocenters. The minimum Gasteiger partial charge on any atom is -0.756 e. The number of ether oxygens (including phenoxy) is 1. The molecule has 0 saturated heterocycles. The van der Waals surface area contributed by atoms with Crippen molar-refractivity contribution in [3.63, 3.8) is 0 Å². The predicted octanol–water partition coefficient (Wildman–Crippen LogP) is 20.5. The number of carbonyl (C=O) groups excluding carboxylic acids is 2. The van der Waals surface area contributed by atoms with E-state index in [4.69, 9.17) is 13.8 Å². The van der Waals surface area contributed by atoms with Gasteiger partial charge in [0.15, 0.2) is 0 Å². The maximum absolute atomic E-state index is 13.6. The van der Waals surface area contributed by atoms with Crippen LogP contribution in [-0.2, 0) is 27.9 Å². The molecule has 0 aliphatic heterocycles. The molecule has 0 spiro atoms. The first-order valence-corrected chi connectivity index (χ1v) is 35.0. The zero-order valence-corrected chi connectivity index (χ0v) is 54.4. The first-order valence-electron chi connectivity index (χ1n) is 33.5. The minimum atomic E-state index is -4.72. The lowest BCUT2D eigenvalue weighted by Gasteiger charge is -2.30. The molecule has 0 aromatic carbocycles. The van der Waals surface area contributed by atoms with Crippen molar-refractivity contribution >= 4 is 19.7 Å². The molecule has 1 N–H and O–H groups in total. The van der Waals surface area contributed by atoms with E-state index in [1.54, 1.807) is 0 Å². The maximum Gasteiger partial charge on any atom is 0.306 e. The van der Waals surface area contributed by atoms with Crippen LogP contribution in [0.1, 0.15) is 290 Å². The summed E-state index contributed by atoms with van der Waals surface area (Å²) in [5.74, 6) is -0.591. The molecule has 9 nitrogen and oxygen atoms in total. The van der Waals surface area contributed by atoms with Crippen LogP contribution in [0.25, 0.3) is 0 Å². The van der Waals surface area contributed by atoms with Gasteiger partial charge in [0.05, 0.1) is 33.8 Å². The van der Waals surface area contributed by atoms with Gasteiger partial charge in [-0.25, -0.2) is 0 Å². The van der Waals surface area contributed by atoms with E-state index in [2.05, 4.69) is 111 Å². The second kappa shape index (κ2) is 60.1. The van der Waals surface area contributed by atoms with Crippen molar-refractivity contribution in [1.29, 1.82) is 0 Å². The molecule has 0 aromatic rings. The number of esters is 1. The molecule has 0 aromatic heterocycles. The molecule has 1 amide bonds. The van der Waals surface area contributed by atoms with Crippen LogP contribution in [-0.4, -0.2) is 69.4 Å². The number of unbranched alkanes of at least 4 members (excludes halogenated alkanes) is 30. The number of allylic oxidation sites excluding steroid dienone is 15. The summed E-state index contributed by atoms with van der Waals surface area (Å²) in [4.78, 5) is 40.1. The molecule has 0 aliphatic carbocycles. The van der Waals surface area contributed by atoms with E-state index in [0.717, 1.165) is 89.9 Å². The molecule has 0 saturated carbocycles. The number of likely N-dealkylation sites (N-methyl/N-ethyl adjacent to an activating group) is 1. The van der Waals surface area contributed by atoms with Crippen molar-refractivity contribution in [1.82, 2.24) is 5.32 Å². The van der Waals surface area contributed by atoms with Gasteiger partial charge in [0, 0.05) is 12.8 Å². The smallest absolute Gasteiger partial charge is 0.306 e. The van der Waals surface area contributed by atoms with Crippen molar-refractivity contribution in [3.05, 3.63) is 97.2 Å². The Kier molecular flexibility index (Phi) is 57.8. The third kappa shape index (κ3) is 61.3. The van der Waals surface area contributed by atoms with Crippen LogP contribution in [0.15, 0.2) is 97.2 Å². The largest absolute Gasteiger partial charge is 0.756 e. The van der Waals surface area contributed by atoms with E-state index in [9.17, 15) is 19.0 Å². The number of rotatable bonds is 60. The summed E-state index contributed by atoms with van der Waals surface area (Å²) in [6, 6.07) is -0.911. The Labute approximate surface area is 500 Å². The third-order valence-electron chi connectivity index (χ3n) is 14.5. The van der Waals surface area contributed by atoms with Crippen LogP contribution < -0.4 is 10.2 Å². The number of amides is 1. The monoisotopic (exact) mass is 1150 g/mol. The van der Waals surface area contributed by atoms with E-state index in [1.807, 2.05) is 33.3 Å². The normalized spacial score (nSPS) is 14.2. The second-order valence-electron chi connectivity index (χ2n) is 23.6. The number of nitrogens with zero attached hydrogens (tertiary/aromatic N) is 1. The molecule has 3 unspecified atom stereocenters. The van der Waals surface area contributed by atoms with E-state index < -0.39 is 26.6 Å². The lowest BCUT2D eigenvalue weighted by molar-refractivity contribution is -0.870. The minimum absolute atomic E-state index is 0.0329. The number of nitrogens with one attached hydrogen (secondary N) is 1. The Morgan fingerprint density at radius 1 is 0.444 bits per heavy atom. The van der Waals surface area contributed by atoms with Gasteiger partial charge in [-0.1, -0.05) is 266 Å². The van der Waals surface area contributed by atoms with Crippen LogP contribution in [0.5, 0.6) is 0 Å². The van der Waals surface area contributed by atoms with E-state index in [0.29, 0.717) is 23.9 Å². The molecule has 0 fully saturated rings. The van der Waals surface area contributed by atoms with Crippen molar-refractivity contribution < 1.29 is 37.3 Å². The Morgan fingerprint density at radius 2 is 0.790 bits per heavy atom. The fourth-order valence-corrected chi connectivity index (χ4v) is 10.1. The Morgan fingerprint density at radius 3 is 1.21 bits per heavy atom. The highest BCUT2D eigenvalue weighted by molar-refractivity contribution is 7.45. The number of phosphoric ester groups is 1.